The molecule has 2 aromatic carbocycles. The predicted molar refractivity (Wildman–Crippen MR) is 95.6 cm³/mol. The summed E-state index contributed by atoms with van der Waals surface area (Å²) in [4.78, 5) is 26.5. The lowest BCUT2D eigenvalue weighted by Gasteiger charge is -2.24. The molecule has 0 radical (unpaired) electrons. The van der Waals surface area contributed by atoms with Crippen molar-refractivity contribution >= 4 is 28.5 Å². The van der Waals surface area contributed by atoms with Gasteiger partial charge in [0.25, 0.3) is 5.91 Å². The number of nitrogens with zero attached hydrogens (tertiary/aromatic N) is 1. The number of carbonyl (C=O) groups is 2. The summed E-state index contributed by atoms with van der Waals surface area (Å²) in [6.07, 6.45) is -0.916. The Labute approximate surface area is 145 Å². The number of fused-ring (bicyclic) bond motifs is 1. The Morgan fingerprint density at radius 3 is 2.44 bits per heavy atom. The van der Waals surface area contributed by atoms with Gasteiger partial charge in [0.05, 0.1) is 0 Å². The molecule has 5 heteroatoms. The minimum Gasteiger partial charge on any atom is -0.449 e. The maximum absolute atomic E-state index is 12.6. The summed E-state index contributed by atoms with van der Waals surface area (Å²) in [5.74, 6) is -0.845. The Morgan fingerprint density at radius 2 is 1.76 bits per heavy atom. The average molecular weight is 337 g/mol. The van der Waals surface area contributed by atoms with E-state index in [2.05, 4.69) is 0 Å². The number of anilines is 1. The molecule has 3 rings (SSSR count). The standard InChI is InChI=1S/C20H19NO4/c1-3-21(16-10-5-4-6-11-16)19(22)14(2)24-20(23)18-13-15-9-7-8-12-17(15)25-18/h4-14H,3H2,1-2H3/t14-/m0/s1. The molecule has 1 heterocycles. The molecule has 0 N–H and O–H groups in total. The van der Waals surface area contributed by atoms with Crippen molar-refractivity contribution in [3.8, 4) is 0 Å². The molecule has 3 aromatic rings. The molecule has 0 aliphatic heterocycles. The molecular weight excluding hydrogens is 318 g/mol. The molecule has 0 bridgehead atoms. The summed E-state index contributed by atoms with van der Waals surface area (Å²) >= 11 is 0. The fraction of sp³-hybridized carbons (Fsp3) is 0.200. The molecule has 1 aromatic heterocycles. The van der Waals surface area contributed by atoms with Crippen LogP contribution in [0.1, 0.15) is 24.4 Å². The van der Waals surface area contributed by atoms with Crippen LogP contribution in [0.3, 0.4) is 0 Å². The largest absolute Gasteiger partial charge is 0.449 e. The van der Waals surface area contributed by atoms with E-state index < -0.39 is 12.1 Å². The summed E-state index contributed by atoms with van der Waals surface area (Å²) in [6, 6.07) is 18.2. The van der Waals surface area contributed by atoms with Crippen molar-refractivity contribution < 1.29 is 18.7 Å². The first-order valence-corrected chi connectivity index (χ1v) is 8.16. The fourth-order valence-corrected chi connectivity index (χ4v) is 2.64. The first-order chi connectivity index (χ1) is 12.1. The molecule has 0 aliphatic rings. The monoisotopic (exact) mass is 337 g/mol. The van der Waals surface area contributed by atoms with E-state index in [1.54, 1.807) is 24.0 Å². The molecule has 0 fully saturated rings. The van der Waals surface area contributed by atoms with Gasteiger partial charge < -0.3 is 14.1 Å². The lowest BCUT2D eigenvalue weighted by molar-refractivity contribution is -0.126. The maximum atomic E-state index is 12.6. The van der Waals surface area contributed by atoms with Crippen LogP contribution in [0.5, 0.6) is 0 Å². The molecule has 0 unspecified atom stereocenters. The van der Waals surface area contributed by atoms with Crippen LogP contribution < -0.4 is 4.90 Å². The predicted octanol–water partition coefficient (Wildman–Crippen LogP) is 4.03. The van der Waals surface area contributed by atoms with Gasteiger partial charge in [-0.05, 0) is 38.1 Å². The number of hydrogen-bond donors (Lipinski definition) is 0. The average Bonchev–Trinajstić information content (AvgIpc) is 3.07. The quantitative estimate of drug-likeness (QED) is 0.660. The van der Waals surface area contributed by atoms with Crippen molar-refractivity contribution in [2.24, 2.45) is 0 Å². The molecular formula is C20H19NO4. The molecule has 0 saturated carbocycles. The van der Waals surface area contributed by atoms with Crippen molar-refractivity contribution in [1.82, 2.24) is 0 Å². The molecule has 0 aliphatic carbocycles. The van der Waals surface area contributed by atoms with Crippen molar-refractivity contribution in [3.05, 3.63) is 66.4 Å². The van der Waals surface area contributed by atoms with Crippen molar-refractivity contribution in [3.63, 3.8) is 0 Å². The number of para-hydroxylation sites is 2. The molecule has 1 atom stereocenters. The number of ether oxygens (including phenoxy) is 1. The highest BCUT2D eigenvalue weighted by molar-refractivity contribution is 5.99. The third kappa shape index (κ3) is 3.55. The van der Waals surface area contributed by atoms with Crippen LogP contribution in [-0.2, 0) is 9.53 Å². The molecule has 1 amide bonds. The number of likely N-dealkylation sites (N-methyl/N-ethyl adjacent to an activating group) is 1. The molecule has 128 valence electrons. The van der Waals surface area contributed by atoms with Crippen LogP contribution in [-0.4, -0.2) is 24.5 Å². The molecule has 0 spiro atoms. The lowest BCUT2D eigenvalue weighted by Crippen LogP contribution is -2.40. The second-order valence-corrected chi connectivity index (χ2v) is 5.61. The Morgan fingerprint density at radius 1 is 1.08 bits per heavy atom. The third-order valence-electron chi connectivity index (χ3n) is 3.91. The fourth-order valence-electron chi connectivity index (χ4n) is 2.64. The highest BCUT2D eigenvalue weighted by atomic mass is 16.6. The van der Waals surface area contributed by atoms with E-state index in [0.29, 0.717) is 12.1 Å². The van der Waals surface area contributed by atoms with Gasteiger partial charge in [-0.15, -0.1) is 0 Å². The first-order valence-electron chi connectivity index (χ1n) is 8.16. The van der Waals surface area contributed by atoms with E-state index in [1.165, 1.54) is 0 Å². The number of carbonyl (C=O) groups excluding carboxylic acids is 2. The van der Waals surface area contributed by atoms with Gasteiger partial charge in [0.15, 0.2) is 6.10 Å². The van der Waals surface area contributed by atoms with Crippen molar-refractivity contribution in [2.45, 2.75) is 20.0 Å². The van der Waals surface area contributed by atoms with Crippen molar-refractivity contribution in [2.75, 3.05) is 11.4 Å². The van der Waals surface area contributed by atoms with Gasteiger partial charge in [-0.25, -0.2) is 4.79 Å². The van der Waals surface area contributed by atoms with E-state index in [0.717, 1.165) is 11.1 Å². The minimum atomic E-state index is -0.916. The van der Waals surface area contributed by atoms with E-state index in [-0.39, 0.29) is 11.7 Å². The summed E-state index contributed by atoms with van der Waals surface area (Å²) in [5, 5.41) is 0.813. The second-order valence-electron chi connectivity index (χ2n) is 5.61. The van der Waals surface area contributed by atoms with Gasteiger partial charge in [-0.1, -0.05) is 36.4 Å². The van der Waals surface area contributed by atoms with Gasteiger partial charge >= 0.3 is 5.97 Å². The number of amides is 1. The van der Waals surface area contributed by atoms with Gasteiger partial charge in [0.1, 0.15) is 5.58 Å². The number of furan rings is 1. The summed E-state index contributed by atoms with van der Waals surface area (Å²) < 4.78 is 10.8. The Bertz CT molecular complexity index is 852. The zero-order chi connectivity index (χ0) is 17.8. The van der Waals surface area contributed by atoms with Crippen LogP contribution >= 0.6 is 0 Å². The van der Waals surface area contributed by atoms with Gasteiger partial charge in [-0.3, -0.25) is 4.79 Å². The van der Waals surface area contributed by atoms with E-state index in [9.17, 15) is 9.59 Å². The second kappa shape index (κ2) is 7.21. The summed E-state index contributed by atoms with van der Waals surface area (Å²) in [5.41, 5.74) is 1.37. The lowest BCUT2D eigenvalue weighted by atomic mass is 10.2. The minimum absolute atomic E-state index is 0.0867. The SMILES string of the molecule is CCN(C(=O)[C@H](C)OC(=O)c1cc2ccccc2o1)c1ccccc1. The van der Waals surface area contributed by atoms with Gasteiger partial charge in [-0.2, -0.15) is 0 Å². The zero-order valence-electron chi connectivity index (χ0n) is 14.1. The van der Waals surface area contributed by atoms with Crippen LogP contribution in [0.2, 0.25) is 0 Å². The van der Waals surface area contributed by atoms with Crippen molar-refractivity contribution in [1.29, 1.82) is 0 Å². The zero-order valence-corrected chi connectivity index (χ0v) is 14.1. The first kappa shape index (κ1) is 16.8. The smallest absolute Gasteiger partial charge is 0.375 e. The highest BCUT2D eigenvalue weighted by Gasteiger charge is 2.25. The van der Waals surface area contributed by atoms with Crippen LogP contribution in [0.25, 0.3) is 11.0 Å². The van der Waals surface area contributed by atoms with E-state index in [1.807, 2.05) is 55.5 Å². The number of hydrogen-bond acceptors (Lipinski definition) is 4. The topological polar surface area (TPSA) is 59.8 Å². The Kier molecular flexibility index (Phi) is 4.84. The molecule has 0 saturated heterocycles. The molecule has 25 heavy (non-hydrogen) atoms. The normalized spacial score (nSPS) is 11.9. The maximum Gasteiger partial charge on any atom is 0.375 e. The number of rotatable bonds is 5. The highest BCUT2D eigenvalue weighted by Crippen LogP contribution is 2.20. The summed E-state index contributed by atoms with van der Waals surface area (Å²) in [6.45, 7) is 3.92. The summed E-state index contributed by atoms with van der Waals surface area (Å²) in [7, 11) is 0. The Hall–Kier alpha value is -3.08. The third-order valence-corrected chi connectivity index (χ3v) is 3.91. The number of benzene rings is 2. The van der Waals surface area contributed by atoms with E-state index in [4.69, 9.17) is 9.15 Å². The van der Waals surface area contributed by atoms with Crippen LogP contribution in [0.15, 0.2) is 65.1 Å². The number of esters is 1. The van der Waals surface area contributed by atoms with Crippen LogP contribution in [0.4, 0.5) is 5.69 Å². The van der Waals surface area contributed by atoms with E-state index >= 15 is 0 Å². The van der Waals surface area contributed by atoms with Gasteiger partial charge in [0.2, 0.25) is 5.76 Å². The molecule has 5 nitrogen and oxygen atoms in total. The van der Waals surface area contributed by atoms with Crippen LogP contribution in [0, 0.1) is 0 Å². The van der Waals surface area contributed by atoms with Gasteiger partial charge in [0, 0.05) is 17.6 Å². The Balaban J connectivity index is 1.73.